The molecule has 10 heteroatoms. The normalized spacial score (nSPS) is 10.6. The van der Waals surface area contributed by atoms with Crippen LogP contribution in [0.25, 0.3) is 5.52 Å². The molecule has 2 heterocycles. The number of nitrogens with zero attached hydrogens (tertiary/aromatic N) is 2. The van der Waals surface area contributed by atoms with Crippen molar-refractivity contribution in [1.82, 2.24) is 14.9 Å². The van der Waals surface area contributed by atoms with Crippen LogP contribution in [0.1, 0.15) is 16.1 Å². The van der Waals surface area contributed by atoms with Crippen molar-refractivity contribution in [3.63, 3.8) is 0 Å². The number of ether oxygens (including phenoxy) is 1. The summed E-state index contributed by atoms with van der Waals surface area (Å²) in [6.45, 7) is 0.226. The minimum atomic E-state index is -2.58. The zero-order valence-corrected chi connectivity index (χ0v) is 18.4. The fraction of sp³-hybridized carbons (Fsp3) is 0.200. The van der Waals surface area contributed by atoms with Crippen molar-refractivity contribution >= 4 is 44.8 Å². The number of hydrogen-bond donors (Lipinski definition) is 2. The minimum absolute atomic E-state index is 0.221. The third kappa shape index (κ3) is 4.86. The molecule has 0 unspecified atom stereocenters. The van der Waals surface area contributed by atoms with E-state index in [9.17, 15) is 13.6 Å². The van der Waals surface area contributed by atoms with E-state index < -0.39 is 5.76 Å². The second-order valence-corrected chi connectivity index (χ2v) is 7.66. The summed E-state index contributed by atoms with van der Waals surface area (Å²) in [7, 11) is 3.05. The molecule has 0 spiro atoms. The molecule has 2 N–H and O–H groups in total. The van der Waals surface area contributed by atoms with Crippen molar-refractivity contribution < 1.29 is 18.3 Å². The summed E-state index contributed by atoms with van der Waals surface area (Å²) in [4.78, 5) is 12.1. The molecule has 0 aliphatic carbocycles. The number of carbonyl (C=O) groups is 1. The van der Waals surface area contributed by atoms with E-state index in [1.807, 2.05) is 0 Å². The SMILES string of the molecule is CNC(=O)c1ccc(NCC#Cc2nn3c(Br)cccc3c2SC(F)F)c(OC)c1. The maximum absolute atomic E-state index is 13.0. The highest BCUT2D eigenvalue weighted by Crippen LogP contribution is 2.33. The van der Waals surface area contributed by atoms with E-state index in [1.165, 1.54) is 11.6 Å². The average Bonchev–Trinajstić information content (AvgIpc) is 3.08. The lowest BCUT2D eigenvalue weighted by Crippen LogP contribution is -2.17. The van der Waals surface area contributed by atoms with E-state index in [0.29, 0.717) is 43.8 Å². The van der Waals surface area contributed by atoms with Gasteiger partial charge in [0.25, 0.3) is 11.7 Å². The molecule has 2 aromatic heterocycles. The van der Waals surface area contributed by atoms with Crippen LogP contribution >= 0.6 is 27.7 Å². The summed E-state index contributed by atoms with van der Waals surface area (Å²) in [5.41, 5.74) is 1.95. The first-order chi connectivity index (χ1) is 14.4. The predicted molar refractivity (Wildman–Crippen MR) is 117 cm³/mol. The lowest BCUT2D eigenvalue weighted by molar-refractivity contribution is 0.0962. The summed E-state index contributed by atoms with van der Waals surface area (Å²) in [5.74, 6) is 3.44. The van der Waals surface area contributed by atoms with Crippen molar-refractivity contribution in [2.75, 3.05) is 26.0 Å². The summed E-state index contributed by atoms with van der Waals surface area (Å²) in [5, 5.41) is 9.98. The number of halogens is 3. The second-order valence-electron chi connectivity index (χ2n) is 5.85. The number of benzene rings is 1. The number of pyridine rings is 1. The molecule has 0 fully saturated rings. The van der Waals surface area contributed by atoms with E-state index in [4.69, 9.17) is 4.74 Å². The van der Waals surface area contributed by atoms with Gasteiger partial charge in [-0.15, -0.1) is 0 Å². The molecular formula is C20H17BrF2N4O2S. The zero-order valence-electron chi connectivity index (χ0n) is 16.0. The molecule has 6 nitrogen and oxygen atoms in total. The number of alkyl halides is 2. The Hall–Kier alpha value is -2.77. The van der Waals surface area contributed by atoms with Gasteiger partial charge in [0.1, 0.15) is 16.0 Å². The van der Waals surface area contributed by atoms with Gasteiger partial charge in [-0.25, -0.2) is 4.52 Å². The monoisotopic (exact) mass is 494 g/mol. The lowest BCUT2D eigenvalue weighted by atomic mass is 10.1. The van der Waals surface area contributed by atoms with Crippen LogP contribution in [0.3, 0.4) is 0 Å². The van der Waals surface area contributed by atoms with E-state index in [-0.39, 0.29) is 18.1 Å². The van der Waals surface area contributed by atoms with Crippen LogP contribution in [0.4, 0.5) is 14.5 Å². The van der Waals surface area contributed by atoms with Crippen molar-refractivity contribution in [3.05, 3.63) is 52.3 Å². The van der Waals surface area contributed by atoms with Crippen molar-refractivity contribution in [1.29, 1.82) is 0 Å². The van der Waals surface area contributed by atoms with E-state index in [2.05, 4.69) is 43.5 Å². The number of anilines is 1. The number of hydrogen-bond acceptors (Lipinski definition) is 5. The third-order valence-electron chi connectivity index (χ3n) is 4.04. The highest BCUT2D eigenvalue weighted by Gasteiger charge is 2.17. The zero-order chi connectivity index (χ0) is 21.7. The fourth-order valence-corrected chi connectivity index (χ4v) is 3.77. The van der Waals surface area contributed by atoms with Crippen LogP contribution < -0.4 is 15.4 Å². The van der Waals surface area contributed by atoms with Gasteiger partial charge in [0.05, 0.1) is 29.8 Å². The average molecular weight is 495 g/mol. The molecule has 0 radical (unpaired) electrons. The molecule has 0 aliphatic rings. The molecule has 0 saturated heterocycles. The van der Waals surface area contributed by atoms with Gasteiger partial charge in [0.2, 0.25) is 0 Å². The smallest absolute Gasteiger partial charge is 0.289 e. The first kappa shape index (κ1) is 21.9. The molecule has 0 saturated carbocycles. The molecule has 0 atom stereocenters. The van der Waals surface area contributed by atoms with Crippen molar-refractivity contribution in [3.8, 4) is 17.6 Å². The Morgan fingerprint density at radius 1 is 1.37 bits per heavy atom. The number of nitrogens with one attached hydrogen (secondary N) is 2. The van der Waals surface area contributed by atoms with Gasteiger partial charge in [0, 0.05) is 12.6 Å². The molecule has 3 rings (SSSR count). The number of carbonyl (C=O) groups excluding carboxylic acids is 1. The molecule has 1 amide bonds. The number of amides is 1. The van der Waals surface area contributed by atoms with Gasteiger partial charge in [-0.1, -0.05) is 23.7 Å². The Labute approximate surface area is 184 Å². The van der Waals surface area contributed by atoms with E-state index in [0.717, 1.165) is 0 Å². The molecule has 1 aromatic carbocycles. The van der Waals surface area contributed by atoms with Gasteiger partial charge in [0.15, 0.2) is 0 Å². The van der Waals surface area contributed by atoms with Gasteiger partial charge in [-0.05, 0) is 52.2 Å². The first-order valence-electron chi connectivity index (χ1n) is 8.69. The number of fused-ring (bicyclic) bond motifs is 1. The maximum atomic E-state index is 13.0. The molecule has 3 aromatic rings. The summed E-state index contributed by atoms with van der Waals surface area (Å²) >= 11 is 3.78. The first-order valence-corrected chi connectivity index (χ1v) is 10.4. The Morgan fingerprint density at radius 3 is 2.87 bits per heavy atom. The quantitative estimate of drug-likeness (QED) is 0.304. The standard InChI is InChI=1S/C20H17BrF2N4O2S/c1-24-19(28)12-8-9-13(16(11-12)29-2)25-10-4-5-14-18(30-20(22)23)15-6-3-7-17(21)27(15)26-14/h3,6-9,11,20,25H,10H2,1-2H3,(H,24,28). The number of methoxy groups -OCH3 is 1. The molecule has 0 aliphatic heterocycles. The Morgan fingerprint density at radius 2 is 2.17 bits per heavy atom. The number of thioether (sulfide) groups is 1. The minimum Gasteiger partial charge on any atom is -0.495 e. The van der Waals surface area contributed by atoms with Crippen LogP contribution in [0.15, 0.2) is 45.9 Å². The summed E-state index contributed by atoms with van der Waals surface area (Å²) < 4.78 is 33.5. The maximum Gasteiger partial charge on any atom is 0.289 e. The number of aromatic nitrogens is 2. The van der Waals surface area contributed by atoms with Gasteiger partial charge in [-0.3, -0.25) is 4.79 Å². The fourth-order valence-electron chi connectivity index (χ4n) is 2.69. The summed E-state index contributed by atoms with van der Waals surface area (Å²) in [6, 6.07) is 10.2. The van der Waals surface area contributed by atoms with Crippen LogP contribution in [-0.4, -0.2) is 42.0 Å². The largest absolute Gasteiger partial charge is 0.495 e. The predicted octanol–water partition coefficient (Wildman–Crippen LogP) is 4.24. The van der Waals surface area contributed by atoms with Gasteiger partial charge < -0.3 is 15.4 Å². The second kappa shape index (κ2) is 9.82. The third-order valence-corrected chi connectivity index (χ3v) is 5.45. The highest BCUT2D eigenvalue weighted by molar-refractivity contribution is 9.10. The molecular weight excluding hydrogens is 478 g/mol. The number of rotatable bonds is 6. The van der Waals surface area contributed by atoms with Crippen molar-refractivity contribution in [2.45, 2.75) is 10.7 Å². The van der Waals surface area contributed by atoms with Crippen molar-refractivity contribution in [2.24, 2.45) is 0 Å². The lowest BCUT2D eigenvalue weighted by Gasteiger charge is -2.10. The Bertz CT molecular complexity index is 1140. The van der Waals surface area contributed by atoms with Crippen LogP contribution in [0.2, 0.25) is 0 Å². The highest BCUT2D eigenvalue weighted by atomic mass is 79.9. The van der Waals surface area contributed by atoms with Crippen LogP contribution in [0, 0.1) is 11.8 Å². The topological polar surface area (TPSA) is 67.7 Å². The van der Waals surface area contributed by atoms with E-state index in [1.54, 1.807) is 43.4 Å². The Kier molecular flexibility index (Phi) is 7.18. The molecule has 156 valence electrons. The summed E-state index contributed by atoms with van der Waals surface area (Å²) in [6.07, 6.45) is 0. The Balaban J connectivity index is 1.81. The van der Waals surface area contributed by atoms with E-state index >= 15 is 0 Å². The van der Waals surface area contributed by atoms with Gasteiger partial charge in [-0.2, -0.15) is 13.9 Å². The van der Waals surface area contributed by atoms with Crippen LogP contribution in [-0.2, 0) is 0 Å². The van der Waals surface area contributed by atoms with Crippen LogP contribution in [0.5, 0.6) is 5.75 Å². The van der Waals surface area contributed by atoms with Gasteiger partial charge >= 0.3 is 0 Å². The molecule has 30 heavy (non-hydrogen) atoms. The molecule has 0 bridgehead atoms.